The van der Waals surface area contributed by atoms with Gasteiger partial charge in [-0.05, 0) is 24.3 Å². The molecule has 39 heavy (non-hydrogen) atoms. The molecule has 0 saturated carbocycles. The largest absolute Gasteiger partial charge is 0.493 e. The molecular formula is C28H25FN4O6. The molecule has 200 valence electrons. The number of halogens is 1. The van der Waals surface area contributed by atoms with Crippen molar-refractivity contribution in [3.8, 4) is 23.0 Å². The van der Waals surface area contributed by atoms with Crippen LogP contribution in [-0.4, -0.2) is 34.2 Å². The van der Waals surface area contributed by atoms with Gasteiger partial charge in [-0.2, -0.15) is 0 Å². The number of allylic oxidation sites excluding steroid dienone is 2. The maximum atomic E-state index is 15.0. The van der Waals surface area contributed by atoms with Crippen molar-refractivity contribution in [1.29, 1.82) is 0 Å². The molecule has 4 aromatic rings. The van der Waals surface area contributed by atoms with E-state index in [0.717, 1.165) is 16.8 Å². The van der Waals surface area contributed by atoms with Crippen LogP contribution in [-0.2, 0) is 13.1 Å². The number of nitrogens with one attached hydrogen (secondary N) is 1. The second-order valence-corrected chi connectivity index (χ2v) is 8.21. The molecule has 2 heterocycles. The van der Waals surface area contributed by atoms with E-state index in [1.165, 1.54) is 49.3 Å². The number of rotatable bonds is 10. The highest BCUT2D eigenvalue weighted by atomic mass is 19.1. The van der Waals surface area contributed by atoms with Crippen molar-refractivity contribution >= 4 is 22.5 Å². The van der Waals surface area contributed by atoms with Crippen molar-refractivity contribution in [2.75, 3.05) is 19.5 Å². The van der Waals surface area contributed by atoms with Gasteiger partial charge in [-0.1, -0.05) is 12.2 Å². The molecule has 0 spiro atoms. The molecule has 4 rings (SSSR count). The molecule has 0 atom stereocenters. The minimum atomic E-state index is -0.815. The summed E-state index contributed by atoms with van der Waals surface area (Å²) in [6, 6.07) is 8.75. The Hall–Kier alpha value is -5.19. The Kier molecular flexibility index (Phi) is 7.90. The standard InChI is InChI=1S/C28H25FN4O6/c1-5-11-32-16-19(27(35)33(12-6-2)28(32)36)26(34)31-17-7-8-23(20(29)13-17)39-22-9-10-30-21-15-25(38-4)24(37-3)14-18(21)22/h5-10,13-16H,1-2,11-12H2,3-4H3,(H,31,34). The van der Waals surface area contributed by atoms with Crippen molar-refractivity contribution < 1.29 is 23.4 Å². The molecule has 0 unspecified atom stereocenters. The van der Waals surface area contributed by atoms with Crippen LogP contribution >= 0.6 is 0 Å². The van der Waals surface area contributed by atoms with Gasteiger partial charge in [0.15, 0.2) is 23.1 Å². The van der Waals surface area contributed by atoms with Crippen molar-refractivity contribution in [1.82, 2.24) is 14.1 Å². The number of carbonyl (C=O) groups is 1. The first-order valence-corrected chi connectivity index (χ1v) is 11.7. The lowest BCUT2D eigenvalue weighted by atomic mass is 10.1. The quantitative estimate of drug-likeness (QED) is 0.306. The molecule has 2 aromatic carbocycles. The lowest BCUT2D eigenvalue weighted by Gasteiger charge is -2.14. The fraction of sp³-hybridized carbons (Fsp3) is 0.143. The third kappa shape index (κ3) is 5.42. The molecule has 10 nitrogen and oxygen atoms in total. The number of nitrogens with zero attached hydrogens (tertiary/aromatic N) is 3. The predicted molar refractivity (Wildman–Crippen MR) is 145 cm³/mol. The summed E-state index contributed by atoms with van der Waals surface area (Å²) in [6.45, 7) is 7.12. The van der Waals surface area contributed by atoms with E-state index in [0.29, 0.717) is 28.2 Å². The van der Waals surface area contributed by atoms with E-state index in [1.54, 1.807) is 18.2 Å². The van der Waals surface area contributed by atoms with Crippen LogP contribution in [0.3, 0.4) is 0 Å². The highest BCUT2D eigenvalue weighted by Gasteiger charge is 2.18. The second kappa shape index (κ2) is 11.5. The van der Waals surface area contributed by atoms with Gasteiger partial charge in [-0.25, -0.2) is 9.18 Å². The number of hydrogen-bond donors (Lipinski definition) is 1. The average molecular weight is 533 g/mol. The number of anilines is 1. The maximum Gasteiger partial charge on any atom is 0.331 e. The van der Waals surface area contributed by atoms with Crippen LogP contribution in [0.4, 0.5) is 10.1 Å². The van der Waals surface area contributed by atoms with Gasteiger partial charge in [0.05, 0.1) is 19.7 Å². The molecule has 0 aliphatic rings. The van der Waals surface area contributed by atoms with Gasteiger partial charge < -0.3 is 19.5 Å². The number of hydrogen-bond acceptors (Lipinski definition) is 7. The van der Waals surface area contributed by atoms with Gasteiger partial charge in [0, 0.05) is 48.7 Å². The summed E-state index contributed by atoms with van der Waals surface area (Å²) in [6.07, 6.45) is 5.49. The molecule has 0 fully saturated rings. The Morgan fingerprint density at radius 3 is 2.38 bits per heavy atom. The Balaban J connectivity index is 1.62. The van der Waals surface area contributed by atoms with Crippen LogP contribution in [0.1, 0.15) is 10.4 Å². The van der Waals surface area contributed by atoms with E-state index in [9.17, 15) is 14.4 Å². The van der Waals surface area contributed by atoms with Gasteiger partial charge in [0.1, 0.15) is 11.3 Å². The highest BCUT2D eigenvalue weighted by Crippen LogP contribution is 2.37. The minimum Gasteiger partial charge on any atom is -0.493 e. The van der Waals surface area contributed by atoms with Crippen molar-refractivity contribution in [2.45, 2.75) is 13.1 Å². The number of methoxy groups -OCH3 is 2. The Bertz CT molecular complexity index is 1710. The normalized spacial score (nSPS) is 10.6. The summed E-state index contributed by atoms with van der Waals surface area (Å²) in [5.41, 5.74) is -1.08. The summed E-state index contributed by atoms with van der Waals surface area (Å²) in [5.74, 6) is -0.430. The molecule has 2 aromatic heterocycles. The summed E-state index contributed by atoms with van der Waals surface area (Å²) in [5, 5.41) is 3.06. The van der Waals surface area contributed by atoms with Crippen LogP contribution in [0.2, 0.25) is 0 Å². The topological polar surface area (TPSA) is 114 Å². The number of amides is 1. The Morgan fingerprint density at radius 1 is 1.00 bits per heavy atom. The first-order valence-electron chi connectivity index (χ1n) is 11.7. The van der Waals surface area contributed by atoms with Crippen LogP contribution in [0.15, 0.2) is 83.7 Å². The lowest BCUT2D eigenvalue weighted by molar-refractivity contribution is 0.102. The molecule has 0 radical (unpaired) electrons. The molecule has 1 amide bonds. The molecule has 0 aliphatic heterocycles. The number of carbonyl (C=O) groups excluding carboxylic acids is 1. The first kappa shape index (κ1) is 26.9. The van der Waals surface area contributed by atoms with Crippen LogP contribution in [0, 0.1) is 5.82 Å². The van der Waals surface area contributed by atoms with Crippen molar-refractivity contribution in [3.63, 3.8) is 0 Å². The number of pyridine rings is 1. The van der Waals surface area contributed by atoms with E-state index in [2.05, 4.69) is 23.5 Å². The van der Waals surface area contributed by atoms with Crippen LogP contribution in [0.25, 0.3) is 10.9 Å². The summed E-state index contributed by atoms with van der Waals surface area (Å²) in [4.78, 5) is 42.5. The molecule has 11 heteroatoms. The molecule has 0 aliphatic carbocycles. The smallest absolute Gasteiger partial charge is 0.331 e. The Morgan fingerprint density at radius 2 is 1.72 bits per heavy atom. The van der Waals surface area contributed by atoms with Crippen molar-refractivity contribution in [3.05, 3.63) is 106 Å². The second-order valence-electron chi connectivity index (χ2n) is 8.21. The third-order valence-corrected chi connectivity index (χ3v) is 5.74. The van der Waals surface area contributed by atoms with Crippen LogP contribution in [0.5, 0.6) is 23.0 Å². The van der Waals surface area contributed by atoms with Gasteiger partial charge in [-0.3, -0.25) is 23.7 Å². The van der Waals surface area contributed by atoms with Crippen molar-refractivity contribution in [2.24, 2.45) is 0 Å². The first-order chi connectivity index (χ1) is 18.8. The minimum absolute atomic E-state index is 0.0759. The fourth-order valence-electron chi connectivity index (χ4n) is 3.88. The van der Waals surface area contributed by atoms with E-state index in [1.807, 2.05) is 0 Å². The van der Waals surface area contributed by atoms with Gasteiger partial charge in [0.25, 0.3) is 11.5 Å². The SMILES string of the molecule is C=CCn1cc(C(=O)Nc2ccc(Oc3ccnc4cc(OC)c(OC)cc34)c(F)c2)c(=O)n(CC=C)c1=O. The van der Waals surface area contributed by atoms with Gasteiger partial charge >= 0.3 is 5.69 Å². The predicted octanol–water partition coefficient (Wildman–Crippen LogP) is 4.13. The Labute approximate surface area is 222 Å². The number of aromatic nitrogens is 3. The molecular weight excluding hydrogens is 507 g/mol. The van der Waals surface area contributed by atoms with E-state index in [-0.39, 0.29) is 30.1 Å². The zero-order valence-electron chi connectivity index (χ0n) is 21.3. The molecule has 1 N–H and O–H groups in total. The number of benzene rings is 2. The van der Waals surface area contributed by atoms with Crippen LogP contribution < -0.4 is 30.8 Å². The summed E-state index contributed by atoms with van der Waals surface area (Å²) >= 11 is 0. The zero-order chi connectivity index (χ0) is 28.1. The van der Waals surface area contributed by atoms with Gasteiger partial charge in [-0.15, -0.1) is 13.2 Å². The summed E-state index contributed by atoms with van der Waals surface area (Å²) in [7, 11) is 3.00. The fourth-order valence-corrected chi connectivity index (χ4v) is 3.88. The monoisotopic (exact) mass is 532 g/mol. The zero-order valence-corrected chi connectivity index (χ0v) is 21.3. The van der Waals surface area contributed by atoms with E-state index < -0.39 is 23.0 Å². The number of ether oxygens (including phenoxy) is 3. The average Bonchev–Trinajstić information content (AvgIpc) is 2.93. The van der Waals surface area contributed by atoms with E-state index >= 15 is 4.39 Å². The molecule has 0 saturated heterocycles. The third-order valence-electron chi connectivity index (χ3n) is 5.74. The lowest BCUT2D eigenvalue weighted by Crippen LogP contribution is -2.42. The highest BCUT2D eigenvalue weighted by molar-refractivity contribution is 6.03. The summed E-state index contributed by atoms with van der Waals surface area (Å²) < 4.78 is 33.6. The number of fused-ring (bicyclic) bond motifs is 1. The molecule has 0 bridgehead atoms. The maximum absolute atomic E-state index is 15.0. The van der Waals surface area contributed by atoms with Gasteiger partial charge in [0.2, 0.25) is 0 Å². The van der Waals surface area contributed by atoms with E-state index in [4.69, 9.17) is 14.2 Å².